The van der Waals surface area contributed by atoms with Crippen LogP contribution in [0, 0.1) is 0 Å². The van der Waals surface area contributed by atoms with E-state index in [1.165, 1.54) is 0 Å². The lowest BCUT2D eigenvalue weighted by molar-refractivity contribution is 0.0963. The van der Waals surface area contributed by atoms with Gasteiger partial charge in [-0.1, -0.05) is 35.9 Å². The zero-order valence-corrected chi connectivity index (χ0v) is 12.9. The zero-order valence-electron chi connectivity index (χ0n) is 12.2. The molecule has 0 saturated carbocycles. The van der Waals surface area contributed by atoms with Crippen molar-refractivity contribution in [2.75, 3.05) is 7.05 Å². The molecule has 0 aliphatic rings. The molecule has 2 aromatic rings. The summed E-state index contributed by atoms with van der Waals surface area (Å²) in [6.07, 6.45) is 0. The van der Waals surface area contributed by atoms with Crippen LogP contribution in [-0.4, -0.2) is 13.0 Å². The summed E-state index contributed by atoms with van der Waals surface area (Å²) in [6.45, 7) is 2.84. The van der Waals surface area contributed by atoms with Gasteiger partial charge >= 0.3 is 0 Å². The van der Waals surface area contributed by atoms with Crippen molar-refractivity contribution in [3.05, 3.63) is 70.2 Å². The van der Waals surface area contributed by atoms with E-state index in [9.17, 15) is 4.79 Å². The fraction of sp³-hybridized carbons (Fsp3) is 0.235. The molecule has 2 rings (SSSR count). The first-order valence-electron chi connectivity index (χ1n) is 6.90. The Labute approximate surface area is 130 Å². The van der Waals surface area contributed by atoms with Gasteiger partial charge in [-0.05, 0) is 42.3 Å². The van der Waals surface area contributed by atoms with Crippen LogP contribution in [0.4, 0.5) is 0 Å². The molecular formula is C17H19ClN2O. The summed E-state index contributed by atoms with van der Waals surface area (Å²) in [5.41, 5.74) is 2.96. The van der Waals surface area contributed by atoms with Crippen molar-refractivity contribution in [1.82, 2.24) is 10.6 Å². The van der Waals surface area contributed by atoms with Gasteiger partial charge in [-0.25, -0.2) is 0 Å². The highest BCUT2D eigenvalue weighted by Crippen LogP contribution is 2.17. The monoisotopic (exact) mass is 302 g/mol. The van der Waals surface area contributed by atoms with Gasteiger partial charge in [0.25, 0.3) is 5.91 Å². The van der Waals surface area contributed by atoms with E-state index in [-0.39, 0.29) is 11.9 Å². The predicted molar refractivity (Wildman–Crippen MR) is 86.5 cm³/mol. The van der Waals surface area contributed by atoms with Crippen LogP contribution in [0.5, 0.6) is 0 Å². The maximum Gasteiger partial charge on any atom is 0.251 e. The molecular weight excluding hydrogens is 284 g/mol. The predicted octanol–water partition coefficient (Wildman–Crippen LogP) is 3.55. The van der Waals surface area contributed by atoms with Crippen LogP contribution in [0.1, 0.15) is 34.5 Å². The Balaban J connectivity index is 1.95. The van der Waals surface area contributed by atoms with Gasteiger partial charge in [0.1, 0.15) is 0 Å². The third-order valence-corrected chi connectivity index (χ3v) is 3.64. The van der Waals surface area contributed by atoms with Gasteiger partial charge in [0.05, 0.1) is 0 Å². The fourth-order valence-corrected chi connectivity index (χ4v) is 2.28. The molecule has 110 valence electrons. The summed E-state index contributed by atoms with van der Waals surface area (Å²) < 4.78 is 0. The third-order valence-electron chi connectivity index (χ3n) is 3.40. The maximum absolute atomic E-state index is 11.5. The molecule has 1 amide bonds. The molecule has 0 spiro atoms. The first-order chi connectivity index (χ1) is 10.1. The molecule has 0 bridgehead atoms. The normalized spacial score (nSPS) is 12.0. The summed E-state index contributed by atoms with van der Waals surface area (Å²) in [6, 6.07) is 15.6. The van der Waals surface area contributed by atoms with Crippen LogP contribution < -0.4 is 10.6 Å². The Bertz CT molecular complexity index is 610. The van der Waals surface area contributed by atoms with Gasteiger partial charge in [0.15, 0.2) is 0 Å². The summed E-state index contributed by atoms with van der Waals surface area (Å²) in [5, 5.41) is 6.80. The molecule has 21 heavy (non-hydrogen) atoms. The van der Waals surface area contributed by atoms with Crippen LogP contribution in [0.2, 0.25) is 5.02 Å². The quantitative estimate of drug-likeness (QED) is 0.887. The van der Waals surface area contributed by atoms with Crippen LogP contribution >= 0.6 is 11.6 Å². The molecule has 0 aliphatic heterocycles. The number of hydrogen-bond acceptors (Lipinski definition) is 2. The second-order valence-electron chi connectivity index (χ2n) is 4.93. The Morgan fingerprint density at radius 2 is 1.90 bits per heavy atom. The molecule has 2 aromatic carbocycles. The van der Waals surface area contributed by atoms with Gasteiger partial charge in [0.2, 0.25) is 0 Å². The lowest BCUT2D eigenvalue weighted by Gasteiger charge is -2.14. The highest BCUT2D eigenvalue weighted by atomic mass is 35.5. The number of nitrogens with one attached hydrogen (secondary N) is 2. The third kappa shape index (κ3) is 4.31. The second kappa shape index (κ2) is 7.25. The smallest absolute Gasteiger partial charge is 0.251 e. The molecule has 0 saturated heterocycles. The lowest BCUT2D eigenvalue weighted by Crippen LogP contribution is -2.19. The first-order valence-corrected chi connectivity index (χ1v) is 7.28. The van der Waals surface area contributed by atoms with Gasteiger partial charge in [-0.3, -0.25) is 4.79 Å². The first kappa shape index (κ1) is 15.5. The summed E-state index contributed by atoms with van der Waals surface area (Å²) in [7, 11) is 1.63. The minimum Gasteiger partial charge on any atom is -0.355 e. The van der Waals surface area contributed by atoms with Gasteiger partial charge in [-0.15, -0.1) is 0 Å². The van der Waals surface area contributed by atoms with E-state index < -0.39 is 0 Å². The van der Waals surface area contributed by atoms with Crippen LogP contribution in [0.3, 0.4) is 0 Å². The van der Waals surface area contributed by atoms with Crippen molar-refractivity contribution >= 4 is 17.5 Å². The molecule has 2 N–H and O–H groups in total. The van der Waals surface area contributed by atoms with E-state index in [1.807, 2.05) is 42.5 Å². The minimum atomic E-state index is -0.0678. The standard InChI is InChI=1S/C17H19ClN2O/c1-12(15-4-3-5-16(18)10-15)20-11-13-6-8-14(9-7-13)17(21)19-2/h3-10,12,20H,11H2,1-2H3,(H,19,21)/t12-/m0/s1. The van der Waals surface area contributed by atoms with Crippen molar-refractivity contribution < 1.29 is 4.79 Å². The Kier molecular flexibility index (Phi) is 5.37. The van der Waals surface area contributed by atoms with Gasteiger partial charge in [-0.2, -0.15) is 0 Å². The van der Waals surface area contributed by atoms with Crippen molar-refractivity contribution in [2.45, 2.75) is 19.5 Å². The summed E-state index contributed by atoms with van der Waals surface area (Å²) in [4.78, 5) is 11.5. The number of benzene rings is 2. The lowest BCUT2D eigenvalue weighted by atomic mass is 10.1. The van der Waals surface area contributed by atoms with E-state index in [4.69, 9.17) is 11.6 Å². The number of carbonyl (C=O) groups is 1. The van der Waals surface area contributed by atoms with Crippen molar-refractivity contribution in [1.29, 1.82) is 0 Å². The number of hydrogen-bond donors (Lipinski definition) is 2. The van der Waals surface area contributed by atoms with E-state index in [0.29, 0.717) is 5.56 Å². The van der Waals surface area contributed by atoms with Crippen LogP contribution in [-0.2, 0) is 6.54 Å². The van der Waals surface area contributed by atoms with Crippen molar-refractivity contribution in [3.8, 4) is 0 Å². The Hall–Kier alpha value is -1.84. The van der Waals surface area contributed by atoms with E-state index in [0.717, 1.165) is 22.7 Å². The van der Waals surface area contributed by atoms with Crippen molar-refractivity contribution in [3.63, 3.8) is 0 Å². The zero-order chi connectivity index (χ0) is 15.2. The Morgan fingerprint density at radius 3 is 2.52 bits per heavy atom. The Morgan fingerprint density at radius 1 is 1.19 bits per heavy atom. The molecule has 0 heterocycles. The van der Waals surface area contributed by atoms with Crippen LogP contribution in [0.15, 0.2) is 48.5 Å². The number of rotatable bonds is 5. The van der Waals surface area contributed by atoms with Crippen molar-refractivity contribution in [2.24, 2.45) is 0 Å². The average Bonchev–Trinajstić information content (AvgIpc) is 2.52. The maximum atomic E-state index is 11.5. The highest BCUT2D eigenvalue weighted by molar-refractivity contribution is 6.30. The minimum absolute atomic E-state index is 0.0678. The van der Waals surface area contributed by atoms with Gasteiger partial charge < -0.3 is 10.6 Å². The fourth-order valence-electron chi connectivity index (χ4n) is 2.08. The molecule has 0 fully saturated rings. The highest BCUT2D eigenvalue weighted by Gasteiger charge is 2.06. The number of amides is 1. The average molecular weight is 303 g/mol. The molecule has 0 aromatic heterocycles. The molecule has 4 heteroatoms. The summed E-state index contributed by atoms with van der Waals surface area (Å²) >= 11 is 6.00. The largest absolute Gasteiger partial charge is 0.355 e. The SMILES string of the molecule is CNC(=O)c1ccc(CN[C@@H](C)c2cccc(Cl)c2)cc1. The molecule has 0 radical (unpaired) electrons. The summed E-state index contributed by atoms with van der Waals surface area (Å²) in [5.74, 6) is -0.0678. The van der Waals surface area contributed by atoms with E-state index in [1.54, 1.807) is 7.05 Å². The molecule has 0 unspecified atom stereocenters. The molecule has 3 nitrogen and oxygen atoms in total. The number of carbonyl (C=O) groups excluding carboxylic acids is 1. The number of halogens is 1. The van der Waals surface area contributed by atoms with Gasteiger partial charge in [0, 0.05) is 30.2 Å². The topological polar surface area (TPSA) is 41.1 Å². The van der Waals surface area contributed by atoms with Crippen LogP contribution in [0.25, 0.3) is 0 Å². The molecule has 0 aliphatic carbocycles. The second-order valence-corrected chi connectivity index (χ2v) is 5.37. The van der Waals surface area contributed by atoms with E-state index in [2.05, 4.69) is 23.6 Å². The molecule has 1 atom stereocenters. The van der Waals surface area contributed by atoms with E-state index >= 15 is 0 Å².